The van der Waals surface area contributed by atoms with Crippen LogP contribution in [0.15, 0.2) is 65.6 Å². The fourth-order valence-electron chi connectivity index (χ4n) is 4.98. The predicted octanol–water partition coefficient (Wildman–Crippen LogP) is 5.33. The number of nitrogens with zero attached hydrogens (tertiary/aromatic N) is 3. The summed E-state index contributed by atoms with van der Waals surface area (Å²) in [6, 6.07) is 18.5. The average molecular weight is 502 g/mol. The molecule has 0 saturated carbocycles. The van der Waals surface area contributed by atoms with Crippen molar-refractivity contribution in [3.05, 3.63) is 87.4 Å². The first-order chi connectivity index (χ1) is 15.7. The number of likely N-dealkylation sites (N-methyl/N-ethyl adjacent to an activating group) is 2. The molecule has 5 nitrogen and oxygen atoms in total. The Bertz CT molecular complexity index is 1260. The van der Waals surface area contributed by atoms with E-state index in [1.54, 1.807) is 16.4 Å². The van der Waals surface area contributed by atoms with Gasteiger partial charge in [0.25, 0.3) is 0 Å². The molecule has 2 unspecified atom stereocenters. The number of fused-ring (bicyclic) bond motifs is 2. The zero-order valence-electron chi connectivity index (χ0n) is 18.7. The van der Waals surface area contributed by atoms with Crippen molar-refractivity contribution in [1.29, 1.82) is 0 Å². The van der Waals surface area contributed by atoms with Crippen molar-refractivity contribution in [2.24, 2.45) is 0 Å². The first kappa shape index (κ1) is 22.5. The van der Waals surface area contributed by atoms with Crippen LogP contribution in [0.3, 0.4) is 0 Å². The van der Waals surface area contributed by atoms with Crippen LogP contribution < -0.4 is 9.80 Å². The molecular formula is C25H25Cl2N3O2S. The van der Waals surface area contributed by atoms with E-state index in [0.717, 1.165) is 28.1 Å². The van der Waals surface area contributed by atoms with Crippen LogP contribution in [-0.4, -0.2) is 39.1 Å². The van der Waals surface area contributed by atoms with Gasteiger partial charge < -0.3 is 9.80 Å². The van der Waals surface area contributed by atoms with Crippen LogP contribution in [0.5, 0.6) is 0 Å². The number of sulfonamides is 1. The van der Waals surface area contributed by atoms with Gasteiger partial charge in [-0.15, -0.1) is 0 Å². The summed E-state index contributed by atoms with van der Waals surface area (Å²) in [5, 5.41) is 1.30. The third-order valence-corrected chi connectivity index (χ3v) is 9.11. The maximum absolute atomic E-state index is 14.2. The highest BCUT2D eigenvalue weighted by atomic mass is 35.5. The molecule has 0 aromatic heterocycles. The zero-order chi connectivity index (χ0) is 23.5. The number of hydrogen-bond acceptors (Lipinski definition) is 4. The molecule has 2 aliphatic heterocycles. The van der Waals surface area contributed by atoms with Crippen molar-refractivity contribution in [2.45, 2.75) is 37.0 Å². The van der Waals surface area contributed by atoms with Crippen molar-refractivity contribution in [3.63, 3.8) is 0 Å². The van der Waals surface area contributed by atoms with Gasteiger partial charge in [-0.25, -0.2) is 8.42 Å². The topological polar surface area (TPSA) is 43.9 Å². The SMILES string of the molecule is Cc1ccc(S(=O)(=O)N(C2Cc3cc(Cl)ccc3N2C)C2Cc3cc(Cl)ccc3N2C)cc1. The highest BCUT2D eigenvalue weighted by Gasteiger charge is 2.46. The molecule has 2 aliphatic rings. The molecule has 0 N–H and O–H groups in total. The van der Waals surface area contributed by atoms with Gasteiger partial charge in [0, 0.05) is 48.4 Å². The number of halogens is 2. The Morgan fingerprint density at radius 2 is 1.24 bits per heavy atom. The lowest BCUT2D eigenvalue weighted by molar-refractivity contribution is 0.254. The lowest BCUT2D eigenvalue weighted by atomic mass is 10.1. The highest BCUT2D eigenvalue weighted by Crippen LogP contribution is 2.41. The van der Waals surface area contributed by atoms with E-state index < -0.39 is 10.0 Å². The molecule has 0 radical (unpaired) electrons. The van der Waals surface area contributed by atoms with Crippen LogP contribution >= 0.6 is 23.2 Å². The van der Waals surface area contributed by atoms with E-state index in [1.165, 1.54) is 0 Å². The smallest absolute Gasteiger partial charge is 0.246 e. The Morgan fingerprint density at radius 1 is 0.788 bits per heavy atom. The minimum Gasteiger partial charge on any atom is -0.357 e. The largest absolute Gasteiger partial charge is 0.357 e. The fourth-order valence-corrected chi connectivity index (χ4v) is 7.17. The van der Waals surface area contributed by atoms with Crippen molar-refractivity contribution < 1.29 is 8.42 Å². The molecule has 0 amide bonds. The second-order valence-corrected chi connectivity index (χ2v) is 11.5. The van der Waals surface area contributed by atoms with Crippen molar-refractivity contribution >= 4 is 44.6 Å². The number of benzene rings is 3. The molecule has 2 atom stereocenters. The summed E-state index contributed by atoms with van der Waals surface area (Å²) in [5.74, 6) is 0. The number of aryl methyl sites for hydroxylation is 1. The molecular weight excluding hydrogens is 477 g/mol. The minimum atomic E-state index is -3.82. The highest BCUT2D eigenvalue weighted by molar-refractivity contribution is 7.89. The lowest BCUT2D eigenvalue weighted by Crippen LogP contribution is -2.57. The normalized spacial score (nSPS) is 19.8. The average Bonchev–Trinajstić information content (AvgIpc) is 3.25. The van der Waals surface area contributed by atoms with Crippen molar-refractivity contribution in [2.75, 3.05) is 23.9 Å². The molecule has 3 aromatic rings. The molecule has 8 heteroatoms. The van der Waals surface area contributed by atoms with Crippen molar-refractivity contribution in [1.82, 2.24) is 4.31 Å². The summed E-state index contributed by atoms with van der Waals surface area (Å²) in [6.45, 7) is 1.95. The monoisotopic (exact) mass is 501 g/mol. The molecule has 0 bridgehead atoms. The van der Waals surface area contributed by atoms with Gasteiger partial charge in [0.05, 0.1) is 4.90 Å². The summed E-state index contributed by atoms with van der Waals surface area (Å²) < 4.78 is 30.0. The molecule has 0 spiro atoms. The summed E-state index contributed by atoms with van der Waals surface area (Å²) in [6.07, 6.45) is 0.335. The Morgan fingerprint density at radius 3 is 1.70 bits per heavy atom. The molecule has 3 aromatic carbocycles. The zero-order valence-corrected chi connectivity index (χ0v) is 21.0. The number of hydrogen-bond donors (Lipinski definition) is 0. The fraction of sp³-hybridized carbons (Fsp3) is 0.280. The molecule has 0 saturated heterocycles. The molecule has 172 valence electrons. The van der Waals surface area contributed by atoms with E-state index in [-0.39, 0.29) is 17.2 Å². The quantitative estimate of drug-likeness (QED) is 0.484. The van der Waals surface area contributed by atoms with E-state index in [9.17, 15) is 8.42 Å². The van der Waals surface area contributed by atoms with Crippen LogP contribution in [0.2, 0.25) is 10.0 Å². The van der Waals surface area contributed by atoms with E-state index in [4.69, 9.17) is 23.2 Å². The minimum absolute atomic E-state index is 0.290. The molecule has 33 heavy (non-hydrogen) atoms. The number of rotatable bonds is 4. The van der Waals surface area contributed by atoms with Gasteiger partial charge in [-0.05, 0) is 66.6 Å². The Hall–Kier alpha value is -2.25. The van der Waals surface area contributed by atoms with Crippen LogP contribution in [0, 0.1) is 6.92 Å². The van der Waals surface area contributed by atoms with Gasteiger partial charge in [0.2, 0.25) is 10.0 Å². The van der Waals surface area contributed by atoms with Gasteiger partial charge in [0.15, 0.2) is 0 Å². The number of anilines is 2. The Labute approximate surface area is 205 Å². The maximum atomic E-state index is 14.2. The van der Waals surface area contributed by atoms with Gasteiger partial charge in [-0.1, -0.05) is 40.9 Å². The van der Waals surface area contributed by atoms with E-state index >= 15 is 0 Å². The van der Waals surface area contributed by atoms with Gasteiger partial charge >= 0.3 is 0 Å². The second kappa shape index (κ2) is 8.20. The maximum Gasteiger partial charge on any atom is 0.246 e. The first-order valence-corrected chi connectivity index (χ1v) is 13.0. The Kier molecular flexibility index (Phi) is 5.60. The molecule has 2 heterocycles. The molecule has 5 rings (SSSR count). The van der Waals surface area contributed by atoms with Crippen molar-refractivity contribution in [3.8, 4) is 0 Å². The summed E-state index contributed by atoms with van der Waals surface area (Å²) >= 11 is 12.5. The van der Waals surface area contributed by atoms with E-state index in [1.807, 2.05) is 79.3 Å². The standard InChI is InChI=1S/C25H25Cl2N3O2S/c1-16-4-8-21(9-5-16)33(31,32)30(24-14-17-12-19(26)6-10-22(17)28(24)2)25-15-18-13-20(27)7-11-23(18)29(25)3/h4-13,24-25H,14-15H2,1-3H3. The van der Waals surface area contributed by atoms with Crippen LogP contribution in [0.4, 0.5) is 11.4 Å². The van der Waals surface area contributed by atoms with Gasteiger partial charge in [-0.2, -0.15) is 4.31 Å². The molecule has 0 fully saturated rings. The summed E-state index contributed by atoms with van der Waals surface area (Å²) in [7, 11) is 0.0687. The second-order valence-electron chi connectivity index (χ2n) is 8.79. The van der Waals surface area contributed by atoms with E-state index in [2.05, 4.69) is 0 Å². The third kappa shape index (κ3) is 3.79. The summed E-state index contributed by atoms with van der Waals surface area (Å²) in [4.78, 5) is 4.38. The lowest BCUT2D eigenvalue weighted by Gasteiger charge is -2.40. The van der Waals surface area contributed by atoms with Crippen LogP contribution in [0.1, 0.15) is 16.7 Å². The van der Waals surface area contributed by atoms with Crippen LogP contribution in [-0.2, 0) is 22.9 Å². The Balaban J connectivity index is 1.62. The van der Waals surface area contributed by atoms with Gasteiger partial charge in [0.1, 0.15) is 12.3 Å². The summed E-state index contributed by atoms with van der Waals surface area (Å²) in [5.41, 5.74) is 5.09. The third-order valence-electron chi connectivity index (χ3n) is 6.73. The first-order valence-electron chi connectivity index (χ1n) is 10.8. The van der Waals surface area contributed by atoms with Crippen LogP contribution in [0.25, 0.3) is 0 Å². The van der Waals surface area contributed by atoms with Gasteiger partial charge in [-0.3, -0.25) is 0 Å². The van der Waals surface area contributed by atoms with E-state index in [0.29, 0.717) is 22.9 Å². The molecule has 0 aliphatic carbocycles. The predicted molar refractivity (Wildman–Crippen MR) is 135 cm³/mol.